The third kappa shape index (κ3) is 8.95. The van der Waals surface area contributed by atoms with Gasteiger partial charge in [0.05, 0.1) is 6.61 Å². The molecule has 0 aromatic heterocycles. The van der Waals surface area contributed by atoms with Gasteiger partial charge < -0.3 is 14.5 Å². The van der Waals surface area contributed by atoms with Gasteiger partial charge in [-0.25, -0.2) is 0 Å². The molecule has 170 valence electrons. The third-order valence-electron chi connectivity index (χ3n) is 6.83. The number of hydrogen-bond acceptors (Lipinski definition) is 4. The molecule has 0 atom stereocenters. The van der Waals surface area contributed by atoms with Crippen molar-refractivity contribution in [2.75, 3.05) is 59.0 Å². The van der Waals surface area contributed by atoms with E-state index in [-0.39, 0.29) is 0 Å². The van der Waals surface area contributed by atoms with Crippen LogP contribution in [0.3, 0.4) is 0 Å². The van der Waals surface area contributed by atoms with E-state index in [0.717, 1.165) is 18.9 Å². The van der Waals surface area contributed by atoms with Gasteiger partial charge in [0.2, 0.25) is 0 Å². The lowest BCUT2D eigenvalue weighted by molar-refractivity contribution is 0.132. The molecule has 2 aliphatic rings. The number of benzene rings is 1. The van der Waals surface area contributed by atoms with Crippen molar-refractivity contribution in [3.05, 3.63) is 29.8 Å². The summed E-state index contributed by atoms with van der Waals surface area (Å²) < 4.78 is 5.96. The van der Waals surface area contributed by atoms with E-state index in [1.54, 1.807) is 0 Å². The maximum absolute atomic E-state index is 5.96. The molecule has 0 unspecified atom stereocenters. The van der Waals surface area contributed by atoms with E-state index < -0.39 is 0 Å². The fourth-order valence-corrected chi connectivity index (χ4v) is 4.73. The Kier molecular flexibility index (Phi) is 11.0. The van der Waals surface area contributed by atoms with Crippen LogP contribution in [0.2, 0.25) is 0 Å². The van der Waals surface area contributed by atoms with Gasteiger partial charge in [-0.15, -0.1) is 0 Å². The number of ether oxygens (including phenoxy) is 1. The average molecular weight is 416 g/mol. The number of hydrogen-bond donors (Lipinski definition) is 0. The highest BCUT2D eigenvalue weighted by Crippen LogP contribution is 2.16. The van der Waals surface area contributed by atoms with Crippen LogP contribution >= 0.6 is 0 Å². The molecule has 0 aliphatic carbocycles. The first kappa shape index (κ1) is 23.6. The Morgan fingerprint density at radius 1 is 0.667 bits per heavy atom. The minimum Gasteiger partial charge on any atom is -0.494 e. The summed E-state index contributed by atoms with van der Waals surface area (Å²) in [6.07, 6.45) is 12.3. The molecule has 4 nitrogen and oxygen atoms in total. The van der Waals surface area contributed by atoms with Gasteiger partial charge in [0.15, 0.2) is 0 Å². The van der Waals surface area contributed by atoms with Crippen LogP contribution in [-0.4, -0.2) is 73.7 Å². The Hall–Kier alpha value is -1.10. The van der Waals surface area contributed by atoms with Gasteiger partial charge in [0.1, 0.15) is 5.75 Å². The summed E-state index contributed by atoms with van der Waals surface area (Å²) in [6.45, 7) is 14.1. The molecule has 4 heteroatoms. The zero-order chi connectivity index (χ0) is 20.9. The van der Waals surface area contributed by atoms with E-state index in [9.17, 15) is 0 Å². The molecule has 0 spiro atoms. The lowest BCUT2D eigenvalue weighted by Gasteiger charge is -2.34. The Morgan fingerprint density at radius 3 is 2.00 bits per heavy atom. The van der Waals surface area contributed by atoms with Crippen LogP contribution < -0.4 is 4.74 Å². The largest absolute Gasteiger partial charge is 0.494 e. The summed E-state index contributed by atoms with van der Waals surface area (Å²) in [4.78, 5) is 7.76. The van der Waals surface area contributed by atoms with Gasteiger partial charge in [-0.1, -0.05) is 51.2 Å². The topological polar surface area (TPSA) is 19.0 Å². The summed E-state index contributed by atoms with van der Waals surface area (Å²) in [7, 11) is 0. The van der Waals surface area contributed by atoms with Crippen LogP contribution in [0.1, 0.15) is 70.3 Å². The predicted octanol–water partition coefficient (Wildman–Crippen LogP) is 5.03. The average Bonchev–Trinajstić information content (AvgIpc) is 2.80. The summed E-state index contributed by atoms with van der Waals surface area (Å²) >= 11 is 0. The Morgan fingerprint density at radius 2 is 1.30 bits per heavy atom. The van der Waals surface area contributed by atoms with Crippen molar-refractivity contribution in [1.29, 1.82) is 0 Å². The molecule has 2 aliphatic heterocycles. The number of nitrogens with zero attached hydrogens (tertiary/aromatic N) is 3. The van der Waals surface area contributed by atoms with Crippen molar-refractivity contribution < 1.29 is 4.74 Å². The second kappa shape index (κ2) is 14.1. The van der Waals surface area contributed by atoms with E-state index >= 15 is 0 Å². The van der Waals surface area contributed by atoms with Gasteiger partial charge in [-0.3, -0.25) is 4.90 Å². The van der Waals surface area contributed by atoms with E-state index in [4.69, 9.17) is 4.74 Å². The molecule has 2 heterocycles. The van der Waals surface area contributed by atoms with Gasteiger partial charge in [0.25, 0.3) is 0 Å². The maximum atomic E-state index is 5.96. The van der Waals surface area contributed by atoms with Crippen LogP contribution in [-0.2, 0) is 6.54 Å². The molecule has 3 rings (SSSR count). The summed E-state index contributed by atoms with van der Waals surface area (Å²) in [5.41, 5.74) is 1.40. The van der Waals surface area contributed by atoms with Crippen LogP contribution in [0.4, 0.5) is 0 Å². The van der Waals surface area contributed by atoms with Crippen molar-refractivity contribution in [3.8, 4) is 5.75 Å². The number of unbranched alkanes of at least 4 members (excludes halogenated alkanes) is 5. The second-order valence-corrected chi connectivity index (χ2v) is 9.23. The first-order valence-electron chi connectivity index (χ1n) is 12.7. The van der Waals surface area contributed by atoms with Gasteiger partial charge in [0, 0.05) is 32.7 Å². The van der Waals surface area contributed by atoms with Crippen LogP contribution in [0.5, 0.6) is 5.75 Å². The smallest absolute Gasteiger partial charge is 0.119 e. The highest BCUT2D eigenvalue weighted by atomic mass is 16.5. The zero-order valence-electron chi connectivity index (χ0n) is 19.5. The van der Waals surface area contributed by atoms with Gasteiger partial charge >= 0.3 is 0 Å². The summed E-state index contributed by atoms with van der Waals surface area (Å²) in [5, 5.41) is 0. The first-order valence-corrected chi connectivity index (χ1v) is 12.7. The van der Waals surface area contributed by atoms with Crippen LogP contribution in [0.15, 0.2) is 24.3 Å². The molecule has 2 saturated heterocycles. The van der Waals surface area contributed by atoms with Crippen molar-refractivity contribution in [3.63, 3.8) is 0 Å². The molecule has 2 fully saturated rings. The minimum absolute atomic E-state index is 0.853. The number of rotatable bonds is 13. The third-order valence-corrected chi connectivity index (χ3v) is 6.83. The Balaban J connectivity index is 1.17. The molecule has 0 N–H and O–H groups in total. The second-order valence-electron chi connectivity index (χ2n) is 9.23. The van der Waals surface area contributed by atoms with Crippen molar-refractivity contribution in [2.45, 2.75) is 71.3 Å². The number of likely N-dealkylation sites (N-methyl/N-ethyl adjacent to an activating group) is 1. The van der Waals surface area contributed by atoms with Crippen molar-refractivity contribution in [1.82, 2.24) is 14.7 Å². The summed E-state index contributed by atoms with van der Waals surface area (Å²) in [5.74, 6) is 1.02. The highest BCUT2D eigenvalue weighted by Gasteiger charge is 2.15. The van der Waals surface area contributed by atoms with Gasteiger partial charge in [-0.05, 0) is 69.6 Å². The molecular formula is C26H45N3O. The Bertz CT molecular complexity index is 548. The highest BCUT2D eigenvalue weighted by molar-refractivity contribution is 5.27. The van der Waals surface area contributed by atoms with Crippen LogP contribution in [0, 0.1) is 0 Å². The molecule has 0 bridgehead atoms. The maximum Gasteiger partial charge on any atom is 0.119 e. The normalized spacial score (nSPS) is 19.2. The molecule has 1 aromatic rings. The SMILES string of the molecule is CCN1CCN(Cc2ccc(OCCCCCCCCN3CCCCC3)cc2)CC1. The molecule has 0 saturated carbocycles. The quantitative estimate of drug-likeness (QED) is 0.421. The fraction of sp³-hybridized carbons (Fsp3) is 0.769. The first-order chi connectivity index (χ1) is 14.8. The molecule has 0 radical (unpaired) electrons. The van der Waals surface area contributed by atoms with E-state index in [1.165, 1.54) is 116 Å². The van der Waals surface area contributed by atoms with E-state index in [2.05, 4.69) is 45.9 Å². The van der Waals surface area contributed by atoms with Crippen LogP contribution in [0.25, 0.3) is 0 Å². The number of piperazine rings is 1. The lowest BCUT2D eigenvalue weighted by atomic mass is 10.1. The number of piperidine rings is 1. The van der Waals surface area contributed by atoms with Crippen molar-refractivity contribution in [2.24, 2.45) is 0 Å². The predicted molar refractivity (Wildman–Crippen MR) is 127 cm³/mol. The van der Waals surface area contributed by atoms with Crippen molar-refractivity contribution >= 4 is 0 Å². The number of likely N-dealkylation sites (tertiary alicyclic amines) is 1. The van der Waals surface area contributed by atoms with Gasteiger partial charge in [-0.2, -0.15) is 0 Å². The molecule has 30 heavy (non-hydrogen) atoms. The van der Waals surface area contributed by atoms with E-state index in [1.807, 2.05) is 0 Å². The fourth-order valence-electron chi connectivity index (χ4n) is 4.73. The Labute approximate surface area is 185 Å². The van der Waals surface area contributed by atoms with E-state index in [0.29, 0.717) is 0 Å². The standard InChI is InChI=1S/C26H45N3O/c1-2-27-19-21-29(22-20-27)24-25-12-14-26(15-13-25)30-23-11-6-4-3-5-8-16-28-17-9-7-10-18-28/h12-15H,2-11,16-24H2,1H3. The summed E-state index contributed by atoms with van der Waals surface area (Å²) in [6, 6.07) is 8.78. The molecule has 0 amide bonds. The lowest BCUT2D eigenvalue weighted by Crippen LogP contribution is -2.45. The zero-order valence-corrected chi connectivity index (χ0v) is 19.5. The molecule has 1 aromatic carbocycles. The monoisotopic (exact) mass is 415 g/mol. The minimum atomic E-state index is 0.853. The molecular weight excluding hydrogens is 370 g/mol.